The number of H-pyrrole nitrogens is 4. The highest BCUT2D eigenvalue weighted by atomic mass is 33.1. The van der Waals surface area contributed by atoms with Crippen LogP contribution in [0.2, 0.25) is 0 Å². The number of imidazole rings is 2. The largest absolute Gasteiger partial charge is 0.361 e. The number of rotatable bonds is 30. The Hall–Kier alpha value is -10.7. The molecular formula is C78H109N23O12S2. The van der Waals surface area contributed by atoms with Gasteiger partial charge in [0.05, 0.1) is 24.0 Å². The number of aromatic nitrogens is 6. The molecule has 620 valence electrons. The molecule has 37 heteroatoms. The summed E-state index contributed by atoms with van der Waals surface area (Å²) in [6.45, 7) is 1.03. The zero-order chi connectivity index (χ0) is 82.0. The minimum atomic E-state index is -1.79. The first-order chi connectivity index (χ1) is 55.8. The zero-order valence-corrected chi connectivity index (χ0v) is 65.9. The molecule has 7 aromatic rings. The molecule has 0 saturated carbocycles. The average molecular weight is 1630 g/mol. The van der Waals surface area contributed by atoms with Crippen LogP contribution < -0.4 is 92.5 Å². The molecule has 35 nitrogen and oxygen atoms in total. The summed E-state index contributed by atoms with van der Waals surface area (Å²) in [7, 11) is 1.47. The van der Waals surface area contributed by atoms with Crippen LogP contribution in [0.3, 0.4) is 0 Å². The van der Waals surface area contributed by atoms with Gasteiger partial charge in [0, 0.05) is 84.5 Å². The Labute approximate surface area is 673 Å². The number of hydrogen-bond donors (Lipinski definition) is 21. The Bertz CT molecular complexity index is 4340. The van der Waals surface area contributed by atoms with Gasteiger partial charge in [-0.1, -0.05) is 88.3 Å². The van der Waals surface area contributed by atoms with E-state index in [0.717, 1.165) is 10.8 Å². The van der Waals surface area contributed by atoms with Crippen LogP contribution in [0.5, 0.6) is 0 Å². The average Bonchev–Trinajstić information content (AvgIpc) is 1.67. The maximum atomic E-state index is 15.8. The molecule has 6 heterocycles. The topological polar surface area (TPSA) is 568 Å². The van der Waals surface area contributed by atoms with Gasteiger partial charge in [0.25, 0.3) is 5.91 Å². The Morgan fingerprint density at radius 2 is 0.626 bits per heavy atom. The molecule has 3 aromatic carbocycles. The van der Waals surface area contributed by atoms with E-state index < -0.39 is 148 Å². The SMILES string of the molecule is NCCCC[C@@H]1NC(=O)C2NC(=O)[C@H](Cc3c[nH]c4ccccc34)NC(=O)[C@H](CCCCN)NC(=O)[C@H](CCCCN)NC(=O)[C@H](CCCCN)NC(=O)[C@H](CCCCN)NC(=O)[C@H](CSS2)NC(=O)[C@H](Cc2c[nH]c3ccccc23)NC(=O)[C@H](Cc2c[nH]cn2)NC(=O)[C@@H](Cc2ccccc2)NC(=O)[C@H](Cc2c[nH]cn2)NC1=O. The minimum Gasteiger partial charge on any atom is -0.361 e. The molecule has 12 amide bonds. The van der Waals surface area contributed by atoms with Crippen molar-refractivity contribution in [2.75, 3.05) is 38.5 Å². The number of nitrogens with zero attached hydrogens (tertiary/aromatic N) is 2. The van der Waals surface area contributed by atoms with Gasteiger partial charge in [0.2, 0.25) is 65.0 Å². The van der Waals surface area contributed by atoms with Crippen molar-refractivity contribution < 1.29 is 57.5 Å². The molecule has 115 heavy (non-hydrogen) atoms. The number of amides is 12. The molecular weight excluding hydrogens is 1520 g/mol. The van der Waals surface area contributed by atoms with E-state index in [1.807, 2.05) is 18.2 Å². The van der Waals surface area contributed by atoms with Crippen LogP contribution in [0.25, 0.3) is 21.8 Å². The molecule has 0 aliphatic carbocycles. The van der Waals surface area contributed by atoms with Crippen molar-refractivity contribution in [3.63, 3.8) is 0 Å². The van der Waals surface area contributed by atoms with Gasteiger partial charge in [0.15, 0.2) is 5.37 Å². The highest BCUT2D eigenvalue weighted by Crippen LogP contribution is 2.29. The first-order valence-electron chi connectivity index (χ1n) is 39.3. The summed E-state index contributed by atoms with van der Waals surface area (Å²) in [5.41, 5.74) is 33.6. The van der Waals surface area contributed by atoms with Crippen molar-refractivity contribution in [1.29, 1.82) is 0 Å². The first-order valence-corrected chi connectivity index (χ1v) is 41.7. The van der Waals surface area contributed by atoms with Crippen molar-refractivity contribution in [2.24, 2.45) is 28.7 Å². The Balaban J connectivity index is 1.22. The number of aromatic amines is 4. The fourth-order valence-corrected chi connectivity index (χ4v) is 16.0. The summed E-state index contributed by atoms with van der Waals surface area (Å²) < 4.78 is 0. The second-order valence-electron chi connectivity index (χ2n) is 28.7. The lowest BCUT2D eigenvalue weighted by atomic mass is 10.0. The lowest BCUT2D eigenvalue weighted by Gasteiger charge is -2.30. The molecule has 9 rings (SSSR count). The monoisotopic (exact) mass is 1620 g/mol. The smallest absolute Gasteiger partial charge is 0.254 e. The van der Waals surface area contributed by atoms with Crippen molar-refractivity contribution in [1.82, 2.24) is 93.7 Å². The molecule has 0 spiro atoms. The molecule has 4 aromatic heterocycles. The zero-order valence-electron chi connectivity index (χ0n) is 64.3. The van der Waals surface area contributed by atoms with Gasteiger partial charge in [-0.3, -0.25) is 57.5 Å². The van der Waals surface area contributed by atoms with Gasteiger partial charge in [-0.2, -0.15) is 0 Å². The molecule has 1 unspecified atom stereocenters. The second-order valence-corrected chi connectivity index (χ2v) is 31.2. The maximum absolute atomic E-state index is 15.8. The Morgan fingerprint density at radius 3 is 1.00 bits per heavy atom. The standard InChI is InChI=1S/C78H109N23O12S2/c79-29-13-8-24-55-66(102)90-56(25-9-14-30-80)67(103)92-58(27-11-16-32-82)69(105)96-62(36-48-40-87-54-23-7-5-21-52(48)54)75(111)101-78-77(113)94-59(28-12-17-33-83)70(106)98-63(37-49-41-84-44-88-49)73(109)95-60(34-46-18-2-1-3-19-46)71(107)99-64(38-50-42-85-45-89-50)74(110)97-61(35-47-39-86-53-22-6-4-20-51(47)53)72(108)100-65(43-114-115-78)76(112)93-57(68(104)91-55)26-10-15-31-81/h1-7,18-23,39-42,44-45,55-65,78,86-87H,8-17,24-38,43,79-83H2,(H,84,88)(H,85,89)(H,90,102)(H,91,104)(H,92,103)(H,93,112)(H,94,113)(H,95,109)(H,96,105)(H,97,110)(H,98,106)(H,99,107)(H,100,108)(H,101,111)/t55-,56-,57-,58-,59-,60+,61-,62-,63-,64-,65-,78?/m0/s1. The van der Waals surface area contributed by atoms with Crippen molar-refractivity contribution in [2.45, 2.75) is 200 Å². The van der Waals surface area contributed by atoms with Crippen molar-refractivity contribution in [3.05, 3.63) is 144 Å². The normalized spacial score (nSPS) is 23.4. The predicted octanol–water partition coefficient (Wildman–Crippen LogP) is -0.563. The summed E-state index contributed by atoms with van der Waals surface area (Å²) in [6, 6.07) is 6.58. The number of unbranched alkanes of at least 4 members (excludes halogenated alkanes) is 5. The molecule has 12 atom stereocenters. The third kappa shape index (κ3) is 27.0. The first kappa shape index (κ1) is 88.3. The van der Waals surface area contributed by atoms with Crippen molar-refractivity contribution in [3.8, 4) is 0 Å². The van der Waals surface area contributed by atoms with Gasteiger partial charge >= 0.3 is 0 Å². The van der Waals surface area contributed by atoms with Gasteiger partial charge in [-0.25, -0.2) is 9.97 Å². The van der Waals surface area contributed by atoms with E-state index in [0.29, 0.717) is 112 Å². The quantitative estimate of drug-likeness (QED) is 0.0198. The number of nitrogens with one attached hydrogen (secondary N) is 16. The lowest BCUT2D eigenvalue weighted by molar-refractivity contribution is -0.136. The number of nitrogens with two attached hydrogens (primary N) is 5. The van der Waals surface area contributed by atoms with Crippen LogP contribution in [0.1, 0.15) is 124 Å². The van der Waals surface area contributed by atoms with Gasteiger partial charge in [0.1, 0.15) is 66.5 Å². The maximum Gasteiger partial charge on any atom is 0.254 e. The third-order valence-electron chi connectivity index (χ3n) is 20.0. The highest BCUT2D eigenvalue weighted by Gasteiger charge is 2.40. The summed E-state index contributed by atoms with van der Waals surface area (Å²) in [5.74, 6) is -11.2. The number of hydrogen-bond acceptors (Lipinski definition) is 21. The van der Waals surface area contributed by atoms with Crippen LogP contribution in [0, 0.1) is 0 Å². The number of carbonyl (C=O) groups excluding carboxylic acids is 12. The molecule has 2 aliphatic heterocycles. The highest BCUT2D eigenvalue weighted by molar-refractivity contribution is 8.77. The fraction of sp³-hybridized carbons (Fsp3) is 0.487. The van der Waals surface area contributed by atoms with Gasteiger partial charge in [-0.15, -0.1) is 0 Å². The fourth-order valence-electron chi connectivity index (χ4n) is 13.7. The third-order valence-corrected chi connectivity index (χ3v) is 22.5. The number of carbonyl (C=O) groups is 12. The minimum absolute atomic E-state index is 0.00605. The predicted molar refractivity (Wildman–Crippen MR) is 436 cm³/mol. The van der Waals surface area contributed by atoms with E-state index in [4.69, 9.17) is 28.7 Å². The van der Waals surface area contributed by atoms with Crippen LogP contribution in [0.15, 0.2) is 116 Å². The van der Waals surface area contributed by atoms with Crippen LogP contribution >= 0.6 is 21.6 Å². The Morgan fingerprint density at radius 1 is 0.313 bits per heavy atom. The Kier molecular flexibility index (Phi) is 35.3. The van der Waals surface area contributed by atoms with Crippen molar-refractivity contribution >= 4 is 114 Å². The lowest BCUT2D eigenvalue weighted by Crippen LogP contribution is -2.62. The van der Waals surface area contributed by atoms with E-state index in [-0.39, 0.29) is 110 Å². The number of benzene rings is 3. The molecule has 0 radical (unpaired) electrons. The van der Waals surface area contributed by atoms with Gasteiger partial charge in [-0.05, 0) is 158 Å². The summed E-state index contributed by atoms with van der Waals surface area (Å²) >= 11 is 0. The number of para-hydroxylation sites is 2. The van der Waals surface area contributed by atoms with E-state index in [1.165, 1.54) is 25.0 Å². The second kappa shape index (κ2) is 46.0. The summed E-state index contributed by atoms with van der Waals surface area (Å²) in [4.78, 5) is 206. The number of fused-ring (bicyclic) bond motifs is 6. The molecule has 2 saturated heterocycles. The molecule has 2 fully saturated rings. The van der Waals surface area contributed by atoms with E-state index >= 15 is 47.9 Å². The summed E-state index contributed by atoms with van der Waals surface area (Å²) in [6.07, 6.45) is 11.2. The van der Waals surface area contributed by atoms with Crippen LogP contribution in [-0.4, -0.2) is 211 Å². The van der Waals surface area contributed by atoms with Crippen LogP contribution in [0.4, 0.5) is 0 Å². The molecule has 2 bridgehead atoms. The van der Waals surface area contributed by atoms with Crippen LogP contribution in [-0.2, 0) is 89.6 Å². The molecule has 2 aliphatic rings. The molecule has 26 N–H and O–H groups in total. The van der Waals surface area contributed by atoms with E-state index in [9.17, 15) is 9.59 Å². The van der Waals surface area contributed by atoms with Gasteiger partial charge < -0.3 is 112 Å². The van der Waals surface area contributed by atoms with E-state index in [2.05, 4.69) is 93.7 Å². The summed E-state index contributed by atoms with van der Waals surface area (Å²) in [5, 5.41) is 33.6. The van der Waals surface area contributed by atoms with E-state index in [1.54, 1.807) is 73.1 Å².